The van der Waals surface area contributed by atoms with Gasteiger partial charge in [0.1, 0.15) is 5.82 Å². The smallest absolute Gasteiger partial charge is 0.335 e. The predicted molar refractivity (Wildman–Crippen MR) is 67.0 cm³/mol. The van der Waals surface area contributed by atoms with Crippen LogP contribution in [0, 0.1) is 0 Å². The summed E-state index contributed by atoms with van der Waals surface area (Å²) in [6, 6.07) is 6.60. The van der Waals surface area contributed by atoms with Crippen LogP contribution in [0.15, 0.2) is 24.3 Å². The zero-order valence-electron chi connectivity index (χ0n) is 10.2. The summed E-state index contributed by atoms with van der Waals surface area (Å²) < 4.78 is 5.31. The van der Waals surface area contributed by atoms with Crippen molar-refractivity contribution in [1.29, 1.82) is 0 Å². The molecule has 2 heterocycles. The van der Waals surface area contributed by atoms with Crippen molar-refractivity contribution in [2.24, 2.45) is 0 Å². The summed E-state index contributed by atoms with van der Waals surface area (Å²) in [4.78, 5) is 15.4. The Balaban J connectivity index is 1.89. The quantitative estimate of drug-likeness (QED) is 0.875. The molecule has 0 radical (unpaired) electrons. The van der Waals surface area contributed by atoms with E-state index in [1.165, 1.54) is 0 Å². The van der Waals surface area contributed by atoms with Gasteiger partial charge in [0.05, 0.1) is 12.2 Å². The molecule has 0 spiro atoms. The molecule has 1 atom stereocenters. The summed E-state index contributed by atoms with van der Waals surface area (Å²) in [7, 11) is 0. The molecule has 19 heavy (non-hydrogen) atoms. The van der Waals surface area contributed by atoms with Gasteiger partial charge in [0.2, 0.25) is 0 Å². The highest BCUT2D eigenvalue weighted by molar-refractivity contribution is 5.89. The van der Waals surface area contributed by atoms with Gasteiger partial charge in [0.15, 0.2) is 5.82 Å². The Labute approximate surface area is 109 Å². The van der Waals surface area contributed by atoms with E-state index >= 15 is 0 Å². The van der Waals surface area contributed by atoms with Crippen molar-refractivity contribution in [3.8, 4) is 11.4 Å². The molecule has 0 aliphatic carbocycles. The van der Waals surface area contributed by atoms with Crippen LogP contribution in [0.25, 0.3) is 11.4 Å². The lowest BCUT2D eigenvalue weighted by atomic mass is 10.1. The van der Waals surface area contributed by atoms with Gasteiger partial charge in [-0.1, -0.05) is 12.1 Å². The van der Waals surface area contributed by atoms with Gasteiger partial charge in [-0.25, -0.2) is 9.78 Å². The minimum absolute atomic E-state index is 0.230. The van der Waals surface area contributed by atoms with E-state index in [1.807, 2.05) is 0 Å². The minimum Gasteiger partial charge on any atom is -0.478 e. The van der Waals surface area contributed by atoms with Crippen LogP contribution < -0.4 is 0 Å². The number of carboxylic acids is 1. The van der Waals surface area contributed by atoms with Crippen LogP contribution in [0.5, 0.6) is 0 Å². The molecule has 6 heteroatoms. The molecule has 2 aromatic rings. The molecule has 2 N–H and O–H groups in total. The Morgan fingerprint density at radius 3 is 3.11 bits per heavy atom. The van der Waals surface area contributed by atoms with Gasteiger partial charge in [0.25, 0.3) is 0 Å². The number of carbonyl (C=O) groups is 1. The van der Waals surface area contributed by atoms with Crippen molar-refractivity contribution in [1.82, 2.24) is 15.2 Å². The van der Waals surface area contributed by atoms with E-state index in [4.69, 9.17) is 9.84 Å². The molecule has 1 aliphatic heterocycles. The zero-order valence-corrected chi connectivity index (χ0v) is 10.2. The summed E-state index contributed by atoms with van der Waals surface area (Å²) in [6.45, 7) is 1.40. The highest BCUT2D eigenvalue weighted by Crippen LogP contribution is 2.24. The molecule has 0 amide bonds. The number of nitrogens with zero attached hydrogens (tertiary/aromatic N) is 2. The first-order valence-electron chi connectivity index (χ1n) is 6.08. The molecule has 3 rings (SSSR count). The number of aromatic carboxylic acids is 1. The van der Waals surface area contributed by atoms with Crippen molar-refractivity contribution in [3.63, 3.8) is 0 Å². The topological polar surface area (TPSA) is 88.1 Å². The van der Waals surface area contributed by atoms with Crippen molar-refractivity contribution < 1.29 is 14.6 Å². The molecule has 0 bridgehead atoms. The fourth-order valence-electron chi connectivity index (χ4n) is 2.13. The molecule has 6 nitrogen and oxygen atoms in total. The molecule has 1 aromatic carbocycles. The van der Waals surface area contributed by atoms with Crippen molar-refractivity contribution in [3.05, 3.63) is 35.7 Å². The Morgan fingerprint density at radius 1 is 1.47 bits per heavy atom. The average molecular weight is 259 g/mol. The van der Waals surface area contributed by atoms with E-state index in [1.54, 1.807) is 24.3 Å². The predicted octanol–water partition coefficient (Wildman–Crippen LogP) is 1.67. The lowest BCUT2D eigenvalue weighted by Crippen LogP contribution is -1.99. The van der Waals surface area contributed by atoms with Gasteiger partial charge in [-0.2, -0.15) is 5.10 Å². The lowest BCUT2D eigenvalue weighted by molar-refractivity contribution is 0.0697. The second-order valence-corrected chi connectivity index (χ2v) is 4.49. The van der Waals surface area contributed by atoms with Crippen molar-refractivity contribution in [2.45, 2.75) is 12.3 Å². The highest BCUT2D eigenvalue weighted by atomic mass is 16.5. The van der Waals surface area contributed by atoms with E-state index < -0.39 is 5.97 Å². The van der Waals surface area contributed by atoms with Gasteiger partial charge in [-0.3, -0.25) is 5.10 Å². The van der Waals surface area contributed by atoms with Crippen molar-refractivity contribution in [2.75, 3.05) is 13.2 Å². The third kappa shape index (κ3) is 2.34. The van der Waals surface area contributed by atoms with Crippen LogP contribution >= 0.6 is 0 Å². The first-order chi connectivity index (χ1) is 9.24. The minimum atomic E-state index is -0.957. The van der Waals surface area contributed by atoms with Gasteiger partial charge >= 0.3 is 5.97 Å². The second-order valence-electron chi connectivity index (χ2n) is 4.49. The molecular formula is C13H13N3O3. The van der Waals surface area contributed by atoms with Gasteiger partial charge in [-0.15, -0.1) is 0 Å². The SMILES string of the molecule is O=C(O)c1cccc(-c2n[nH]c([C@H]3CCOC3)n2)c1. The summed E-state index contributed by atoms with van der Waals surface area (Å²) in [5, 5.41) is 16.0. The summed E-state index contributed by atoms with van der Waals surface area (Å²) in [6.07, 6.45) is 0.934. The number of ether oxygens (including phenoxy) is 1. The summed E-state index contributed by atoms with van der Waals surface area (Å²) >= 11 is 0. The van der Waals surface area contributed by atoms with Crippen LogP contribution in [-0.4, -0.2) is 39.5 Å². The van der Waals surface area contributed by atoms with Crippen LogP contribution in [0.1, 0.15) is 28.5 Å². The van der Waals surface area contributed by atoms with Crippen molar-refractivity contribution >= 4 is 5.97 Å². The maximum absolute atomic E-state index is 10.9. The Morgan fingerprint density at radius 2 is 2.37 bits per heavy atom. The number of hydrogen-bond donors (Lipinski definition) is 2. The molecule has 98 valence electrons. The van der Waals surface area contributed by atoms with Gasteiger partial charge < -0.3 is 9.84 Å². The maximum Gasteiger partial charge on any atom is 0.335 e. The fraction of sp³-hybridized carbons (Fsp3) is 0.308. The first-order valence-corrected chi connectivity index (χ1v) is 6.08. The normalized spacial score (nSPS) is 18.6. The Hall–Kier alpha value is -2.21. The molecule has 0 saturated carbocycles. The summed E-state index contributed by atoms with van der Waals surface area (Å²) in [5.41, 5.74) is 0.925. The molecule has 1 aromatic heterocycles. The second kappa shape index (κ2) is 4.81. The van der Waals surface area contributed by atoms with Crippen LogP contribution in [0.2, 0.25) is 0 Å². The number of H-pyrrole nitrogens is 1. The Bertz CT molecular complexity index is 603. The molecular weight excluding hydrogens is 246 g/mol. The molecule has 1 fully saturated rings. The monoisotopic (exact) mass is 259 g/mol. The van der Waals surface area contributed by atoms with E-state index in [0.29, 0.717) is 18.0 Å². The maximum atomic E-state index is 10.9. The lowest BCUT2D eigenvalue weighted by Gasteiger charge is -2.00. The number of aromatic amines is 1. The van der Waals surface area contributed by atoms with E-state index in [2.05, 4.69) is 15.2 Å². The molecule has 0 unspecified atom stereocenters. The summed E-state index contributed by atoms with van der Waals surface area (Å²) in [5.74, 6) is 0.615. The van der Waals surface area contributed by atoms with E-state index in [-0.39, 0.29) is 11.5 Å². The number of benzene rings is 1. The number of hydrogen-bond acceptors (Lipinski definition) is 4. The number of aromatic nitrogens is 3. The third-order valence-electron chi connectivity index (χ3n) is 3.19. The molecule has 1 saturated heterocycles. The standard InChI is InChI=1S/C13H13N3O3/c17-13(18)9-3-1-2-8(6-9)11-14-12(16-15-11)10-4-5-19-7-10/h1-3,6,10H,4-5,7H2,(H,17,18)(H,14,15,16)/t10-/m0/s1. The third-order valence-corrected chi connectivity index (χ3v) is 3.19. The van der Waals surface area contributed by atoms with Gasteiger partial charge in [-0.05, 0) is 18.6 Å². The zero-order chi connectivity index (χ0) is 13.2. The van der Waals surface area contributed by atoms with E-state index in [0.717, 1.165) is 18.9 Å². The van der Waals surface area contributed by atoms with Gasteiger partial charge in [0, 0.05) is 18.1 Å². The fourth-order valence-corrected chi connectivity index (χ4v) is 2.13. The largest absolute Gasteiger partial charge is 0.478 e. The number of rotatable bonds is 3. The van der Waals surface area contributed by atoms with E-state index in [9.17, 15) is 4.79 Å². The van der Waals surface area contributed by atoms with Crippen LogP contribution in [-0.2, 0) is 4.74 Å². The van der Waals surface area contributed by atoms with Crippen LogP contribution in [0.4, 0.5) is 0 Å². The highest BCUT2D eigenvalue weighted by Gasteiger charge is 2.21. The first kappa shape index (κ1) is 11.9. The molecule has 1 aliphatic rings. The number of carboxylic acid groups (broad SMARTS) is 1. The number of nitrogens with one attached hydrogen (secondary N) is 1. The Kier molecular flexibility index (Phi) is 3.00. The average Bonchev–Trinajstić information content (AvgIpc) is 3.09. The van der Waals surface area contributed by atoms with Crippen LogP contribution in [0.3, 0.4) is 0 Å².